The Bertz CT molecular complexity index is 581. The van der Waals surface area contributed by atoms with Crippen LogP contribution >= 0.6 is 0 Å². The fraction of sp³-hybridized carbons (Fsp3) is 0.538. The molecule has 112 valence electrons. The third-order valence-corrected chi connectivity index (χ3v) is 5.01. The highest BCUT2D eigenvalue weighted by Gasteiger charge is 2.30. The topological polar surface area (TPSA) is 75.4 Å². The Kier molecular flexibility index (Phi) is 4.31. The monoisotopic (exact) mass is 301 g/mol. The van der Waals surface area contributed by atoms with E-state index in [1.165, 1.54) is 6.07 Å². The Hall–Kier alpha value is -1.18. The molecule has 20 heavy (non-hydrogen) atoms. The van der Waals surface area contributed by atoms with Gasteiger partial charge in [-0.1, -0.05) is 6.42 Å². The third-order valence-electron chi connectivity index (χ3n) is 3.66. The minimum absolute atomic E-state index is 0.0812. The van der Waals surface area contributed by atoms with Gasteiger partial charge in [-0.15, -0.1) is 4.83 Å². The van der Waals surface area contributed by atoms with Gasteiger partial charge in [0.25, 0.3) is 10.0 Å². The fourth-order valence-corrected chi connectivity index (χ4v) is 3.87. The number of halogens is 1. The fourth-order valence-electron chi connectivity index (χ4n) is 2.52. The lowest BCUT2D eigenvalue weighted by atomic mass is 10.0. The van der Waals surface area contributed by atoms with Crippen molar-refractivity contribution in [2.75, 3.05) is 5.73 Å². The predicted octanol–water partition coefficient (Wildman–Crippen LogP) is 1.86. The minimum atomic E-state index is -3.96. The second-order valence-electron chi connectivity index (χ2n) is 5.32. The Labute approximate surface area is 119 Å². The van der Waals surface area contributed by atoms with Crippen molar-refractivity contribution in [1.29, 1.82) is 0 Å². The second-order valence-corrected chi connectivity index (χ2v) is 6.95. The number of benzene rings is 1. The normalized spacial score (nSPS) is 24.8. The highest BCUT2D eigenvalue weighted by Crippen LogP contribution is 2.23. The molecule has 1 fully saturated rings. The molecule has 1 aromatic carbocycles. The third kappa shape index (κ3) is 3.11. The number of hydrazine groups is 1. The average molecular weight is 301 g/mol. The number of nitrogens with one attached hydrogen (secondary N) is 1. The van der Waals surface area contributed by atoms with Crippen LogP contribution in [0.4, 0.5) is 10.1 Å². The van der Waals surface area contributed by atoms with Crippen molar-refractivity contribution in [2.24, 2.45) is 0 Å². The molecule has 0 bridgehead atoms. The lowest BCUT2D eigenvalue weighted by Gasteiger charge is -2.38. The summed E-state index contributed by atoms with van der Waals surface area (Å²) in [5, 5.41) is 1.68. The van der Waals surface area contributed by atoms with Crippen LogP contribution in [-0.2, 0) is 10.0 Å². The number of hydrogen-bond donors (Lipinski definition) is 2. The zero-order valence-electron chi connectivity index (χ0n) is 11.6. The zero-order valence-corrected chi connectivity index (χ0v) is 12.5. The predicted molar refractivity (Wildman–Crippen MR) is 75.7 cm³/mol. The van der Waals surface area contributed by atoms with Gasteiger partial charge in [-0.2, -0.15) is 0 Å². The SMILES string of the molecule is CC1CCCC(C)N1NS(=O)(=O)c1cc(N)ccc1F. The summed E-state index contributed by atoms with van der Waals surface area (Å²) in [6, 6.07) is 3.69. The molecule has 0 aromatic heterocycles. The van der Waals surface area contributed by atoms with E-state index in [0.717, 1.165) is 31.4 Å². The molecular formula is C13H20FN3O2S. The second kappa shape index (κ2) is 5.67. The number of nitrogens with two attached hydrogens (primary N) is 1. The molecule has 1 aromatic rings. The van der Waals surface area contributed by atoms with E-state index < -0.39 is 20.7 Å². The van der Waals surface area contributed by atoms with Crippen molar-refractivity contribution in [3.8, 4) is 0 Å². The number of piperidine rings is 1. The molecule has 2 rings (SSSR count). The molecule has 0 saturated carbocycles. The molecule has 2 atom stereocenters. The van der Waals surface area contributed by atoms with Crippen LogP contribution in [0.5, 0.6) is 0 Å². The van der Waals surface area contributed by atoms with Crippen molar-refractivity contribution in [1.82, 2.24) is 9.84 Å². The van der Waals surface area contributed by atoms with Gasteiger partial charge in [-0.25, -0.2) is 17.8 Å². The smallest absolute Gasteiger partial charge is 0.256 e. The number of sulfonamides is 1. The lowest BCUT2D eigenvalue weighted by molar-refractivity contribution is 0.0789. The van der Waals surface area contributed by atoms with E-state index >= 15 is 0 Å². The summed E-state index contributed by atoms with van der Waals surface area (Å²) in [7, 11) is -3.96. The van der Waals surface area contributed by atoms with Crippen LogP contribution in [0.1, 0.15) is 33.1 Å². The van der Waals surface area contributed by atoms with Gasteiger partial charge in [0.1, 0.15) is 10.7 Å². The van der Waals surface area contributed by atoms with Crippen LogP contribution < -0.4 is 10.6 Å². The number of nitrogen functional groups attached to an aromatic ring is 1. The Balaban J connectivity index is 2.28. The Morgan fingerprint density at radius 3 is 2.50 bits per heavy atom. The summed E-state index contributed by atoms with van der Waals surface area (Å²) >= 11 is 0. The molecular weight excluding hydrogens is 281 g/mol. The largest absolute Gasteiger partial charge is 0.399 e. The van der Waals surface area contributed by atoms with Gasteiger partial charge in [0.15, 0.2) is 0 Å². The lowest BCUT2D eigenvalue weighted by Crippen LogP contribution is -2.54. The molecule has 0 amide bonds. The van der Waals surface area contributed by atoms with Crippen LogP contribution in [0.15, 0.2) is 23.1 Å². The van der Waals surface area contributed by atoms with Crippen molar-refractivity contribution in [3.63, 3.8) is 0 Å². The van der Waals surface area contributed by atoms with Gasteiger partial charge < -0.3 is 5.73 Å². The van der Waals surface area contributed by atoms with Gasteiger partial charge >= 0.3 is 0 Å². The van der Waals surface area contributed by atoms with Gasteiger partial charge in [0, 0.05) is 17.8 Å². The Morgan fingerprint density at radius 1 is 1.30 bits per heavy atom. The molecule has 0 spiro atoms. The van der Waals surface area contributed by atoms with Gasteiger partial charge in [0.05, 0.1) is 0 Å². The van der Waals surface area contributed by atoms with Crippen LogP contribution in [0.2, 0.25) is 0 Å². The maximum absolute atomic E-state index is 13.7. The summed E-state index contributed by atoms with van der Waals surface area (Å²) in [4.78, 5) is 2.07. The molecule has 1 saturated heterocycles. The molecule has 1 heterocycles. The first-order valence-electron chi connectivity index (χ1n) is 6.67. The number of hydrogen-bond acceptors (Lipinski definition) is 4. The summed E-state index contributed by atoms with van der Waals surface area (Å²) < 4.78 is 38.4. The van der Waals surface area contributed by atoms with Crippen molar-refractivity contribution in [3.05, 3.63) is 24.0 Å². The van der Waals surface area contributed by atoms with Crippen LogP contribution in [-0.4, -0.2) is 25.5 Å². The molecule has 7 heteroatoms. The first-order valence-corrected chi connectivity index (χ1v) is 8.15. The van der Waals surface area contributed by atoms with Crippen molar-refractivity contribution in [2.45, 2.75) is 50.1 Å². The molecule has 5 nitrogen and oxygen atoms in total. The highest BCUT2D eigenvalue weighted by molar-refractivity contribution is 7.89. The van der Waals surface area contributed by atoms with Gasteiger partial charge in [-0.3, -0.25) is 0 Å². The summed E-state index contributed by atoms with van der Waals surface area (Å²) in [6.45, 7) is 3.90. The molecule has 1 aliphatic rings. The quantitative estimate of drug-likeness (QED) is 0.836. The van der Waals surface area contributed by atoms with Crippen molar-refractivity contribution < 1.29 is 12.8 Å². The first kappa shape index (κ1) is 15.2. The van der Waals surface area contributed by atoms with Crippen molar-refractivity contribution >= 4 is 15.7 Å². The van der Waals surface area contributed by atoms with Gasteiger partial charge in [-0.05, 0) is 44.9 Å². The number of anilines is 1. The highest BCUT2D eigenvalue weighted by atomic mass is 32.2. The van der Waals surface area contributed by atoms with E-state index in [1.54, 1.807) is 5.01 Å². The summed E-state index contributed by atoms with van der Waals surface area (Å²) in [6.07, 6.45) is 2.88. The Morgan fingerprint density at radius 2 is 1.90 bits per heavy atom. The van der Waals surface area contributed by atoms with Crippen LogP contribution in [0, 0.1) is 5.82 Å². The molecule has 0 radical (unpaired) electrons. The zero-order chi connectivity index (χ0) is 14.9. The van der Waals surface area contributed by atoms with E-state index in [0.29, 0.717) is 0 Å². The van der Waals surface area contributed by atoms with E-state index in [-0.39, 0.29) is 17.8 Å². The standard InChI is InChI=1S/C13H20FN3O2S/c1-9-4-3-5-10(2)17(9)16-20(18,19)13-8-11(15)6-7-12(13)14/h6-10,16H,3-5,15H2,1-2H3. The first-order chi connectivity index (χ1) is 9.31. The number of rotatable bonds is 3. The van der Waals surface area contributed by atoms with E-state index in [9.17, 15) is 12.8 Å². The average Bonchev–Trinajstić information content (AvgIpc) is 2.37. The summed E-state index contributed by atoms with van der Waals surface area (Å²) in [5.41, 5.74) is 5.75. The maximum atomic E-state index is 13.7. The summed E-state index contributed by atoms with van der Waals surface area (Å²) in [5.74, 6) is -0.802. The molecule has 3 N–H and O–H groups in total. The minimum Gasteiger partial charge on any atom is -0.399 e. The van der Waals surface area contributed by atoms with E-state index in [2.05, 4.69) is 4.83 Å². The van der Waals surface area contributed by atoms with Crippen LogP contribution in [0.3, 0.4) is 0 Å². The number of nitrogens with zero attached hydrogens (tertiary/aromatic N) is 1. The van der Waals surface area contributed by atoms with Crippen LogP contribution in [0.25, 0.3) is 0 Å². The molecule has 1 aliphatic heterocycles. The van der Waals surface area contributed by atoms with Gasteiger partial charge in [0.2, 0.25) is 0 Å². The molecule has 2 unspecified atom stereocenters. The van der Waals surface area contributed by atoms with E-state index in [4.69, 9.17) is 5.73 Å². The maximum Gasteiger partial charge on any atom is 0.256 e. The molecule has 0 aliphatic carbocycles. The van der Waals surface area contributed by atoms with E-state index in [1.807, 2.05) is 13.8 Å².